The van der Waals surface area contributed by atoms with Gasteiger partial charge in [0, 0.05) is 17.3 Å². The number of hydrogen-bond donors (Lipinski definition) is 1. The summed E-state index contributed by atoms with van der Waals surface area (Å²) in [4.78, 5) is 0. The third kappa shape index (κ3) is 2.20. The Kier molecular flexibility index (Phi) is 2.86. The molecule has 0 radical (unpaired) electrons. The minimum absolute atomic E-state index is 0.208. The molecule has 0 aliphatic heterocycles. The van der Waals surface area contributed by atoms with Gasteiger partial charge in [-0.3, -0.25) is 0 Å². The average molecular weight is 273 g/mol. The first kappa shape index (κ1) is 12.2. The van der Waals surface area contributed by atoms with Crippen molar-refractivity contribution >= 4 is 5.69 Å². The van der Waals surface area contributed by atoms with Crippen LogP contribution in [-0.4, -0.2) is 20.2 Å². The Morgan fingerprint density at radius 2 is 1.60 bits per heavy atom. The lowest BCUT2D eigenvalue weighted by molar-refractivity contribution is 0.579. The number of nitrogen functional groups attached to an aromatic ring is 1. The maximum absolute atomic E-state index is 13.3. The Balaban J connectivity index is 2.12. The number of anilines is 1. The van der Waals surface area contributed by atoms with Crippen molar-refractivity contribution in [3.05, 3.63) is 54.1 Å². The molecule has 3 aromatic rings. The quantitative estimate of drug-likeness (QED) is 0.727. The van der Waals surface area contributed by atoms with Gasteiger partial charge in [-0.25, -0.2) is 8.78 Å². The molecule has 1 heterocycles. The molecule has 0 saturated heterocycles. The molecule has 0 saturated carbocycles. The van der Waals surface area contributed by atoms with Crippen molar-refractivity contribution in [2.75, 3.05) is 5.73 Å². The van der Waals surface area contributed by atoms with Crippen LogP contribution in [0.15, 0.2) is 42.5 Å². The van der Waals surface area contributed by atoms with Gasteiger partial charge in [0.25, 0.3) is 0 Å². The number of nitrogens with two attached hydrogens (primary N) is 1. The second kappa shape index (κ2) is 4.69. The van der Waals surface area contributed by atoms with E-state index < -0.39 is 11.6 Å². The van der Waals surface area contributed by atoms with Gasteiger partial charge in [0.05, 0.1) is 5.69 Å². The van der Waals surface area contributed by atoms with Crippen LogP contribution in [0.2, 0.25) is 0 Å². The predicted molar refractivity (Wildman–Crippen MR) is 68.9 cm³/mol. The molecular weight excluding hydrogens is 264 g/mol. The van der Waals surface area contributed by atoms with E-state index in [9.17, 15) is 8.78 Å². The Morgan fingerprint density at radius 1 is 0.950 bits per heavy atom. The van der Waals surface area contributed by atoms with Gasteiger partial charge in [-0.05, 0) is 46.8 Å². The number of nitrogens with zero attached hydrogens (tertiary/aromatic N) is 4. The smallest absolute Gasteiger partial charge is 0.187 e. The number of halogens is 2. The second-order valence-corrected chi connectivity index (χ2v) is 4.16. The summed E-state index contributed by atoms with van der Waals surface area (Å²) < 4.78 is 27.8. The van der Waals surface area contributed by atoms with E-state index in [0.717, 1.165) is 18.2 Å². The molecule has 2 aromatic carbocycles. The third-order valence-electron chi connectivity index (χ3n) is 2.73. The summed E-state index contributed by atoms with van der Waals surface area (Å²) in [5.41, 5.74) is 7.11. The molecule has 0 amide bonds. The van der Waals surface area contributed by atoms with E-state index >= 15 is 0 Å². The van der Waals surface area contributed by atoms with E-state index in [1.165, 1.54) is 4.68 Å². The summed E-state index contributed by atoms with van der Waals surface area (Å²) in [6, 6.07) is 9.94. The highest BCUT2D eigenvalue weighted by Crippen LogP contribution is 2.21. The van der Waals surface area contributed by atoms with Crippen molar-refractivity contribution in [3.63, 3.8) is 0 Å². The molecule has 2 N–H and O–H groups in total. The number of tetrazole rings is 1. The van der Waals surface area contributed by atoms with Gasteiger partial charge >= 0.3 is 0 Å². The average Bonchev–Trinajstić information content (AvgIpc) is 2.87. The Morgan fingerprint density at radius 3 is 2.25 bits per heavy atom. The van der Waals surface area contributed by atoms with E-state index in [4.69, 9.17) is 5.73 Å². The van der Waals surface area contributed by atoms with Crippen LogP contribution in [0.3, 0.4) is 0 Å². The lowest BCUT2D eigenvalue weighted by Gasteiger charge is -2.05. The lowest BCUT2D eigenvalue weighted by atomic mass is 10.2. The summed E-state index contributed by atoms with van der Waals surface area (Å²) in [7, 11) is 0. The molecule has 0 bridgehead atoms. The molecule has 100 valence electrons. The molecule has 0 aliphatic carbocycles. The molecule has 0 fully saturated rings. The summed E-state index contributed by atoms with van der Waals surface area (Å²) in [5, 5.41) is 11.2. The molecule has 7 heteroatoms. The van der Waals surface area contributed by atoms with Crippen molar-refractivity contribution in [2.24, 2.45) is 0 Å². The first-order valence-electron chi connectivity index (χ1n) is 5.74. The second-order valence-electron chi connectivity index (χ2n) is 4.16. The molecule has 1 aromatic heterocycles. The third-order valence-corrected chi connectivity index (χ3v) is 2.73. The number of hydrogen-bond acceptors (Lipinski definition) is 4. The summed E-state index contributed by atoms with van der Waals surface area (Å²) in [6.07, 6.45) is 0. The Labute approximate surface area is 112 Å². The van der Waals surface area contributed by atoms with Crippen LogP contribution in [0.4, 0.5) is 14.5 Å². The van der Waals surface area contributed by atoms with Crippen molar-refractivity contribution in [2.45, 2.75) is 0 Å². The summed E-state index contributed by atoms with van der Waals surface area (Å²) in [5.74, 6) is -1.02. The molecule has 3 rings (SSSR count). The standard InChI is InChI=1S/C13H9F2N5/c14-9-5-10(15)7-12(6-9)20-13(17-18-19-20)8-1-3-11(16)4-2-8/h1-7H,16H2. The number of aromatic nitrogens is 4. The van der Waals surface area contributed by atoms with E-state index in [1.54, 1.807) is 24.3 Å². The maximum atomic E-state index is 13.3. The SMILES string of the molecule is Nc1ccc(-c2nnnn2-c2cc(F)cc(F)c2)cc1. The van der Waals surface area contributed by atoms with Crippen LogP contribution in [0.25, 0.3) is 17.1 Å². The van der Waals surface area contributed by atoms with Crippen LogP contribution in [0.1, 0.15) is 0 Å². The highest BCUT2D eigenvalue weighted by molar-refractivity contribution is 5.60. The highest BCUT2D eigenvalue weighted by Gasteiger charge is 2.12. The van der Waals surface area contributed by atoms with Gasteiger partial charge in [0.2, 0.25) is 0 Å². The van der Waals surface area contributed by atoms with Gasteiger partial charge in [0.1, 0.15) is 11.6 Å². The first-order valence-corrected chi connectivity index (χ1v) is 5.74. The molecule has 0 atom stereocenters. The molecule has 0 spiro atoms. The van der Waals surface area contributed by atoms with Gasteiger partial charge < -0.3 is 5.73 Å². The molecule has 20 heavy (non-hydrogen) atoms. The van der Waals surface area contributed by atoms with E-state index in [2.05, 4.69) is 15.5 Å². The highest BCUT2D eigenvalue weighted by atomic mass is 19.1. The van der Waals surface area contributed by atoms with Gasteiger partial charge in [-0.1, -0.05) is 0 Å². The van der Waals surface area contributed by atoms with Crippen LogP contribution >= 0.6 is 0 Å². The lowest BCUT2D eigenvalue weighted by Crippen LogP contribution is -2.01. The molecule has 0 aliphatic rings. The zero-order chi connectivity index (χ0) is 14.1. The largest absolute Gasteiger partial charge is 0.399 e. The van der Waals surface area contributed by atoms with Crippen LogP contribution < -0.4 is 5.73 Å². The fourth-order valence-corrected chi connectivity index (χ4v) is 1.83. The fraction of sp³-hybridized carbons (Fsp3) is 0. The van der Waals surface area contributed by atoms with E-state index in [-0.39, 0.29) is 5.69 Å². The monoisotopic (exact) mass is 273 g/mol. The zero-order valence-corrected chi connectivity index (χ0v) is 10.2. The van der Waals surface area contributed by atoms with Gasteiger partial charge in [-0.2, -0.15) is 4.68 Å². The van der Waals surface area contributed by atoms with Crippen molar-refractivity contribution < 1.29 is 8.78 Å². The number of rotatable bonds is 2. The van der Waals surface area contributed by atoms with Crippen molar-refractivity contribution in [1.82, 2.24) is 20.2 Å². The zero-order valence-electron chi connectivity index (χ0n) is 10.2. The number of benzene rings is 2. The first-order chi connectivity index (χ1) is 9.63. The summed E-state index contributed by atoms with van der Waals surface area (Å²) >= 11 is 0. The van der Waals surface area contributed by atoms with Crippen LogP contribution in [0.5, 0.6) is 0 Å². The molecule has 0 unspecified atom stereocenters. The topological polar surface area (TPSA) is 69.6 Å². The van der Waals surface area contributed by atoms with Crippen LogP contribution in [-0.2, 0) is 0 Å². The van der Waals surface area contributed by atoms with Crippen molar-refractivity contribution in [1.29, 1.82) is 0 Å². The minimum Gasteiger partial charge on any atom is -0.399 e. The Bertz CT molecular complexity index is 731. The van der Waals surface area contributed by atoms with E-state index in [0.29, 0.717) is 17.1 Å². The summed E-state index contributed by atoms with van der Waals surface area (Å²) in [6.45, 7) is 0. The molecule has 5 nitrogen and oxygen atoms in total. The minimum atomic E-state index is -0.696. The van der Waals surface area contributed by atoms with Gasteiger partial charge in [0.15, 0.2) is 5.82 Å². The normalized spacial score (nSPS) is 10.7. The van der Waals surface area contributed by atoms with Crippen molar-refractivity contribution in [3.8, 4) is 17.1 Å². The maximum Gasteiger partial charge on any atom is 0.187 e. The van der Waals surface area contributed by atoms with Gasteiger partial charge in [-0.15, -0.1) is 5.10 Å². The van der Waals surface area contributed by atoms with Crippen LogP contribution in [0, 0.1) is 11.6 Å². The Hall–Kier alpha value is -2.83. The fourth-order valence-electron chi connectivity index (χ4n) is 1.83. The molecular formula is C13H9F2N5. The predicted octanol–water partition coefficient (Wildman–Crippen LogP) is 2.19. The van der Waals surface area contributed by atoms with E-state index in [1.807, 2.05) is 0 Å².